The van der Waals surface area contributed by atoms with E-state index in [1.807, 2.05) is 0 Å². The molecule has 1 aromatic carbocycles. The van der Waals surface area contributed by atoms with E-state index in [9.17, 15) is 0 Å². The summed E-state index contributed by atoms with van der Waals surface area (Å²) < 4.78 is 138. The van der Waals surface area contributed by atoms with Crippen LogP contribution >= 0.6 is 0 Å². The summed E-state index contributed by atoms with van der Waals surface area (Å²) in [7, 11) is 1.31. The van der Waals surface area contributed by atoms with E-state index >= 15 is 0 Å². The van der Waals surface area contributed by atoms with Crippen molar-refractivity contribution in [3.8, 4) is 5.75 Å². The first-order valence-electron chi connectivity index (χ1n) is 12.9. The Balaban J connectivity index is 3.68. The standard InChI is InChI=1S/C15H24O/c1-3-4-5-6-7-8-9-14-10-12-15(16-2)13-11-14/h10-13H,3-9H2,1-2H3/i1D3,3D2,4D2,5D2,6D2,7D2,8D2,9D2. The first kappa shape index (κ1) is 2.88. The Bertz CT molecular complexity index is 837. The first-order valence-corrected chi connectivity index (χ1v) is 4.43. The van der Waals surface area contributed by atoms with Gasteiger partial charge in [0.25, 0.3) is 0 Å². The highest BCUT2D eigenvalue weighted by molar-refractivity contribution is 5.27. The summed E-state index contributed by atoms with van der Waals surface area (Å²) in [5, 5.41) is 0. The maximum atomic E-state index is 8.18. The molecule has 0 heterocycles. The van der Waals surface area contributed by atoms with Crippen molar-refractivity contribution in [1.29, 1.82) is 0 Å². The van der Waals surface area contributed by atoms with Crippen molar-refractivity contribution in [1.82, 2.24) is 0 Å². The van der Waals surface area contributed by atoms with Crippen LogP contribution in [0.25, 0.3) is 0 Å². The second-order valence-corrected chi connectivity index (χ2v) is 2.60. The molecule has 1 nitrogen and oxygen atoms in total. The van der Waals surface area contributed by atoms with E-state index in [4.69, 9.17) is 28.0 Å². The third-order valence-corrected chi connectivity index (χ3v) is 1.61. The van der Waals surface area contributed by atoms with Crippen molar-refractivity contribution in [2.45, 2.75) is 51.5 Å². The summed E-state index contributed by atoms with van der Waals surface area (Å²) in [6.45, 7) is -3.79. The number of aryl methyl sites for hydroxylation is 1. The molecule has 0 unspecified atom stereocenters. The van der Waals surface area contributed by atoms with Crippen molar-refractivity contribution in [3.63, 3.8) is 0 Å². The van der Waals surface area contributed by atoms with Gasteiger partial charge in [-0.1, -0.05) is 50.8 Å². The Labute approximate surface area is 124 Å². The summed E-state index contributed by atoms with van der Waals surface area (Å²) in [4.78, 5) is 0. The molecule has 0 aromatic heterocycles. The monoisotopic (exact) mass is 237 g/mol. The lowest BCUT2D eigenvalue weighted by molar-refractivity contribution is 0.414. The van der Waals surface area contributed by atoms with Crippen molar-refractivity contribution in [3.05, 3.63) is 29.8 Å². The highest BCUT2D eigenvalue weighted by atomic mass is 16.5. The Morgan fingerprint density at radius 3 is 2.44 bits per heavy atom. The average Bonchev–Trinajstić information content (AvgIpc) is 2.66. The minimum absolute atomic E-state index is 0.255. The van der Waals surface area contributed by atoms with Gasteiger partial charge in [-0.15, -0.1) is 0 Å². The summed E-state index contributed by atoms with van der Waals surface area (Å²) in [5.74, 6) is 0.255. The Kier molecular flexibility index (Phi) is 1.48. The van der Waals surface area contributed by atoms with Gasteiger partial charge in [0, 0.05) is 23.3 Å². The maximum Gasteiger partial charge on any atom is 0.118 e. The molecule has 0 aliphatic carbocycles. The second-order valence-electron chi connectivity index (χ2n) is 2.60. The Morgan fingerprint density at radius 2 is 1.75 bits per heavy atom. The molecule has 0 amide bonds. The fourth-order valence-electron chi connectivity index (χ4n) is 0.903. The molecular formula is C15H24O. The molecule has 16 heavy (non-hydrogen) atoms. The largest absolute Gasteiger partial charge is 0.497 e. The molecule has 0 saturated carbocycles. The smallest absolute Gasteiger partial charge is 0.118 e. The molecule has 1 heteroatoms. The van der Waals surface area contributed by atoms with Gasteiger partial charge in [-0.25, -0.2) is 0 Å². The van der Waals surface area contributed by atoms with Crippen LogP contribution in [-0.2, 0) is 6.37 Å². The van der Waals surface area contributed by atoms with Crippen LogP contribution in [0.1, 0.15) is 74.0 Å². The topological polar surface area (TPSA) is 9.23 Å². The molecule has 0 bridgehead atoms. The fourth-order valence-corrected chi connectivity index (χ4v) is 0.903. The third-order valence-electron chi connectivity index (χ3n) is 1.61. The van der Waals surface area contributed by atoms with Gasteiger partial charge in [0.05, 0.1) is 7.11 Å². The molecule has 0 aliphatic rings. The predicted octanol–water partition coefficient (Wildman–Crippen LogP) is 4.60. The molecule has 90 valence electrons. The lowest BCUT2D eigenvalue weighted by Crippen LogP contribution is -1.87. The quantitative estimate of drug-likeness (QED) is 0.642. The maximum absolute atomic E-state index is 8.18. The number of rotatable bonds is 8. The van der Waals surface area contributed by atoms with Crippen LogP contribution in [0.15, 0.2) is 24.3 Å². The molecule has 0 saturated heterocycles. The molecule has 0 radical (unpaired) electrons. The van der Waals surface area contributed by atoms with E-state index < -0.39 is 57.0 Å². The van der Waals surface area contributed by atoms with Crippen LogP contribution in [0.2, 0.25) is 0 Å². The highest BCUT2D eigenvalue weighted by Gasteiger charge is 1.95. The van der Waals surface area contributed by atoms with E-state index in [2.05, 4.69) is 0 Å². The number of hydrogen-bond donors (Lipinski definition) is 0. The summed E-state index contributed by atoms with van der Waals surface area (Å²) in [5.41, 5.74) is -0.464. The molecule has 1 aromatic rings. The second kappa shape index (κ2) is 8.20. The van der Waals surface area contributed by atoms with Gasteiger partial charge in [0.2, 0.25) is 0 Å². The number of hydrogen-bond acceptors (Lipinski definition) is 1. The summed E-state index contributed by atoms with van der Waals surface area (Å²) in [6.07, 6.45) is -28.1. The zero-order valence-electron chi connectivity index (χ0n) is 25.7. The van der Waals surface area contributed by atoms with Crippen LogP contribution < -0.4 is 4.74 Å². The number of ether oxygens (including phenoxy) is 1. The number of methoxy groups -OCH3 is 1. The van der Waals surface area contributed by atoms with E-state index in [0.29, 0.717) is 0 Å². The zero-order chi connectivity index (χ0) is 26.7. The number of benzene rings is 1. The SMILES string of the molecule is [2H]C([2H])([2H])C([2H])([2H])C([2H])([2H])C([2H])([2H])C([2H])([2H])C([2H])([2H])C([2H])([2H])C([2H])([2H])c1ccc(OC)cc1. The van der Waals surface area contributed by atoms with Crippen molar-refractivity contribution < 1.29 is 28.0 Å². The van der Waals surface area contributed by atoms with Gasteiger partial charge in [0.1, 0.15) is 5.75 Å². The Morgan fingerprint density at radius 1 is 1.06 bits per heavy atom. The molecule has 1 rings (SSSR count). The van der Waals surface area contributed by atoms with Crippen LogP contribution in [-0.4, -0.2) is 7.11 Å². The van der Waals surface area contributed by atoms with Gasteiger partial charge in [-0.2, -0.15) is 0 Å². The predicted molar refractivity (Wildman–Crippen MR) is 70.1 cm³/mol. The van der Waals surface area contributed by atoms with Crippen molar-refractivity contribution in [2.24, 2.45) is 0 Å². The van der Waals surface area contributed by atoms with Gasteiger partial charge >= 0.3 is 0 Å². The van der Waals surface area contributed by atoms with Crippen molar-refractivity contribution in [2.75, 3.05) is 7.11 Å². The molecular weight excluding hydrogens is 196 g/mol. The van der Waals surface area contributed by atoms with Crippen LogP contribution in [0, 0.1) is 0 Å². The first-order chi connectivity index (χ1) is 14.3. The molecule has 0 aliphatic heterocycles. The molecule has 0 N–H and O–H groups in total. The third kappa shape index (κ3) is 5.20. The normalized spacial score (nSPS) is 33.2. The lowest BCUT2D eigenvalue weighted by Gasteiger charge is -2.03. The van der Waals surface area contributed by atoms with Gasteiger partial charge in [-0.05, 0) is 30.4 Å². The molecule has 0 spiro atoms. The van der Waals surface area contributed by atoms with Crippen LogP contribution in [0.3, 0.4) is 0 Å². The summed E-state index contributed by atoms with van der Waals surface area (Å²) >= 11 is 0. The Hall–Kier alpha value is -0.980. The minimum atomic E-state index is -4.29. The highest BCUT2D eigenvalue weighted by Crippen LogP contribution is 2.14. The zero-order valence-corrected chi connectivity index (χ0v) is 8.72. The average molecular weight is 237 g/mol. The van der Waals surface area contributed by atoms with Crippen molar-refractivity contribution >= 4 is 0 Å². The van der Waals surface area contributed by atoms with Gasteiger partial charge in [0.15, 0.2) is 0 Å². The lowest BCUT2D eigenvalue weighted by atomic mass is 10.1. The van der Waals surface area contributed by atoms with Gasteiger partial charge < -0.3 is 4.74 Å². The van der Waals surface area contributed by atoms with Gasteiger partial charge in [-0.3, -0.25) is 0 Å². The van der Waals surface area contributed by atoms with E-state index in [0.717, 1.165) is 12.1 Å². The van der Waals surface area contributed by atoms with Crippen LogP contribution in [0.5, 0.6) is 5.75 Å². The summed E-state index contributed by atoms with van der Waals surface area (Å²) in [6, 6.07) is 4.55. The molecule has 0 atom stereocenters. The van der Waals surface area contributed by atoms with E-state index in [1.165, 1.54) is 19.2 Å². The fraction of sp³-hybridized carbons (Fsp3) is 0.600. The van der Waals surface area contributed by atoms with Crippen LogP contribution in [0.4, 0.5) is 0 Å². The van der Waals surface area contributed by atoms with E-state index in [-0.39, 0.29) is 5.75 Å². The minimum Gasteiger partial charge on any atom is -0.497 e. The molecule has 0 fully saturated rings. The van der Waals surface area contributed by atoms with E-state index in [1.54, 1.807) is 0 Å².